The zero-order valence-corrected chi connectivity index (χ0v) is 14.4. The van der Waals surface area contributed by atoms with E-state index in [0.29, 0.717) is 0 Å². The van der Waals surface area contributed by atoms with Crippen LogP contribution in [-0.4, -0.2) is 24.4 Å². The number of hydrogen-bond donors (Lipinski definition) is 2. The summed E-state index contributed by atoms with van der Waals surface area (Å²) in [5.74, 6) is 0.740. The molecule has 2 aromatic rings. The van der Waals surface area contributed by atoms with Crippen LogP contribution in [0.1, 0.15) is 32.7 Å². The standard InChI is InChI=1S/C14H14IN3O2S/c1-18-5-4-7-9(6-18)21-14-11(7)13(19)16-12(17-14)8-2-3-10(15)20-8/h2-3,12,17H,4-6H2,1H3,(H,16,19)/t12-/m0/s1. The summed E-state index contributed by atoms with van der Waals surface area (Å²) in [6.07, 6.45) is 0.655. The lowest BCUT2D eigenvalue weighted by Crippen LogP contribution is -2.38. The first-order chi connectivity index (χ1) is 10.1. The maximum atomic E-state index is 12.5. The second-order valence-corrected chi connectivity index (χ2v) is 7.56. The summed E-state index contributed by atoms with van der Waals surface area (Å²) in [4.78, 5) is 16.1. The van der Waals surface area contributed by atoms with E-state index in [4.69, 9.17) is 4.42 Å². The molecule has 2 aliphatic rings. The molecule has 0 aliphatic carbocycles. The average Bonchev–Trinajstić information content (AvgIpc) is 3.01. The number of fused-ring (bicyclic) bond motifs is 3. The Hall–Kier alpha value is -1.06. The number of likely N-dealkylation sites (N-methyl/N-ethyl adjacent to an activating group) is 1. The molecule has 0 fully saturated rings. The van der Waals surface area contributed by atoms with E-state index in [1.807, 2.05) is 12.1 Å². The Morgan fingerprint density at radius 1 is 1.43 bits per heavy atom. The van der Waals surface area contributed by atoms with Crippen LogP contribution in [0.4, 0.5) is 5.00 Å². The number of carbonyl (C=O) groups is 1. The molecule has 0 saturated heterocycles. The molecule has 4 rings (SSSR count). The molecular formula is C14H14IN3O2S. The van der Waals surface area contributed by atoms with Crippen molar-refractivity contribution in [3.63, 3.8) is 0 Å². The number of hydrogen-bond acceptors (Lipinski definition) is 5. The van der Waals surface area contributed by atoms with Crippen molar-refractivity contribution in [1.29, 1.82) is 0 Å². The first-order valence-electron chi connectivity index (χ1n) is 6.77. The molecule has 0 spiro atoms. The summed E-state index contributed by atoms with van der Waals surface area (Å²) in [5, 5.41) is 7.36. The number of furan rings is 1. The minimum atomic E-state index is -0.286. The lowest BCUT2D eigenvalue weighted by Gasteiger charge is -2.25. The van der Waals surface area contributed by atoms with Gasteiger partial charge in [-0.1, -0.05) is 0 Å². The normalized spacial score (nSPS) is 21.4. The molecule has 0 aromatic carbocycles. The number of halogens is 1. The van der Waals surface area contributed by atoms with Crippen molar-refractivity contribution in [2.24, 2.45) is 0 Å². The predicted molar refractivity (Wildman–Crippen MR) is 89.6 cm³/mol. The maximum Gasteiger partial charge on any atom is 0.256 e. The first-order valence-corrected chi connectivity index (χ1v) is 8.67. The molecule has 2 aromatic heterocycles. The molecule has 0 saturated carbocycles. The zero-order valence-electron chi connectivity index (χ0n) is 11.4. The Labute approximate surface area is 139 Å². The van der Waals surface area contributed by atoms with E-state index in [9.17, 15) is 4.79 Å². The van der Waals surface area contributed by atoms with Gasteiger partial charge >= 0.3 is 0 Å². The van der Waals surface area contributed by atoms with Gasteiger partial charge in [-0.2, -0.15) is 0 Å². The smallest absolute Gasteiger partial charge is 0.256 e. The number of amides is 1. The van der Waals surface area contributed by atoms with E-state index in [1.165, 1.54) is 10.4 Å². The highest BCUT2D eigenvalue weighted by Crippen LogP contribution is 2.40. The van der Waals surface area contributed by atoms with E-state index >= 15 is 0 Å². The molecule has 2 N–H and O–H groups in total. The number of nitrogens with zero attached hydrogens (tertiary/aromatic N) is 1. The summed E-state index contributed by atoms with van der Waals surface area (Å²) >= 11 is 3.82. The summed E-state index contributed by atoms with van der Waals surface area (Å²) < 4.78 is 6.43. The van der Waals surface area contributed by atoms with Crippen LogP contribution >= 0.6 is 33.9 Å². The Morgan fingerprint density at radius 2 is 2.29 bits per heavy atom. The molecule has 110 valence electrons. The van der Waals surface area contributed by atoms with Crippen LogP contribution < -0.4 is 10.6 Å². The lowest BCUT2D eigenvalue weighted by molar-refractivity contribution is 0.0930. The number of thiophene rings is 1. The Balaban J connectivity index is 1.71. The minimum Gasteiger partial charge on any atom is -0.451 e. The van der Waals surface area contributed by atoms with E-state index in [2.05, 4.69) is 45.2 Å². The van der Waals surface area contributed by atoms with E-state index in [1.54, 1.807) is 11.3 Å². The third-order valence-electron chi connectivity index (χ3n) is 3.90. The van der Waals surface area contributed by atoms with Gasteiger partial charge < -0.3 is 20.0 Å². The summed E-state index contributed by atoms with van der Waals surface area (Å²) in [7, 11) is 2.11. The van der Waals surface area contributed by atoms with Crippen molar-refractivity contribution in [3.8, 4) is 0 Å². The van der Waals surface area contributed by atoms with Gasteiger partial charge in [-0.05, 0) is 53.8 Å². The van der Waals surface area contributed by atoms with Gasteiger partial charge in [0.15, 0.2) is 9.93 Å². The molecule has 0 radical (unpaired) electrons. The predicted octanol–water partition coefficient (Wildman–Crippen LogP) is 2.79. The van der Waals surface area contributed by atoms with Crippen LogP contribution in [0.2, 0.25) is 0 Å². The summed E-state index contributed by atoms with van der Waals surface area (Å²) in [6.45, 7) is 1.93. The number of nitrogens with one attached hydrogen (secondary N) is 2. The van der Waals surface area contributed by atoms with Gasteiger partial charge in [0.05, 0.1) is 5.56 Å². The van der Waals surface area contributed by atoms with Gasteiger partial charge in [0.2, 0.25) is 0 Å². The van der Waals surface area contributed by atoms with Gasteiger partial charge in [0, 0.05) is 18.0 Å². The average molecular weight is 415 g/mol. The largest absolute Gasteiger partial charge is 0.451 e. The Morgan fingerprint density at radius 3 is 3.05 bits per heavy atom. The molecule has 7 heteroatoms. The van der Waals surface area contributed by atoms with E-state index in [-0.39, 0.29) is 12.1 Å². The first kappa shape index (κ1) is 13.6. The molecular weight excluding hydrogens is 401 g/mol. The van der Waals surface area contributed by atoms with Crippen LogP contribution in [0.5, 0.6) is 0 Å². The molecule has 21 heavy (non-hydrogen) atoms. The van der Waals surface area contributed by atoms with Crippen molar-refractivity contribution in [2.75, 3.05) is 18.9 Å². The van der Waals surface area contributed by atoms with Gasteiger partial charge in [-0.25, -0.2) is 0 Å². The molecule has 1 amide bonds. The van der Waals surface area contributed by atoms with Crippen LogP contribution in [0, 0.1) is 3.77 Å². The fourth-order valence-corrected chi connectivity index (χ4v) is 4.66. The fraction of sp³-hybridized carbons (Fsp3) is 0.357. The van der Waals surface area contributed by atoms with Gasteiger partial charge in [0.25, 0.3) is 5.91 Å². The summed E-state index contributed by atoms with van der Waals surface area (Å²) in [5.41, 5.74) is 2.05. The van der Waals surface area contributed by atoms with E-state index in [0.717, 1.165) is 39.6 Å². The fourth-order valence-electron chi connectivity index (χ4n) is 2.87. The van der Waals surface area contributed by atoms with Crippen LogP contribution in [-0.2, 0) is 13.0 Å². The number of anilines is 1. The topological polar surface area (TPSA) is 57.5 Å². The molecule has 0 unspecified atom stereocenters. The SMILES string of the molecule is CN1CCc2c(sc3c2C(=O)N[C@H](c2ccc(I)o2)N3)C1. The highest BCUT2D eigenvalue weighted by atomic mass is 127. The van der Waals surface area contributed by atoms with Gasteiger partial charge in [-0.3, -0.25) is 4.79 Å². The van der Waals surface area contributed by atoms with Crippen molar-refractivity contribution in [1.82, 2.24) is 10.2 Å². The van der Waals surface area contributed by atoms with Crippen molar-refractivity contribution < 1.29 is 9.21 Å². The third-order valence-corrected chi connectivity index (χ3v) is 5.63. The lowest BCUT2D eigenvalue weighted by atomic mass is 10.0. The number of carbonyl (C=O) groups excluding carboxylic acids is 1. The second-order valence-electron chi connectivity index (χ2n) is 5.39. The zero-order chi connectivity index (χ0) is 14.6. The minimum absolute atomic E-state index is 0.00205. The molecule has 1 atom stereocenters. The maximum absolute atomic E-state index is 12.5. The molecule has 0 bridgehead atoms. The van der Waals surface area contributed by atoms with Crippen molar-refractivity contribution in [2.45, 2.75) is 19.1 Å². The van der Waals surface area contributed by atoms with Crippen LogP contribution in [0.3, 0.4) is 0 Å². The summed E-state index contributed by atoms with van der Waals surface area (Å²) in [6, 6.07) is 3.79. The Bertz CT molecular complexity index is 724. The van der Waals surface area contributed by atoms with Gasteiger partial charge in [-0.15, -0.1) is 11.3 Å². The molecule has 2 aliphatic heterocycles. The number of rotatable bonds is 1. The Kier molecular flexibility index (Phi) is 3.23. The quantitative estimate of drug-likeness (QED) is 0.704. The van der Waals surface area contributed by atoms with Crippen molar-refractivity contribution >= 4 is 44.8 Å². The molecule has 5 nitrogen and oxygen atoms in total. The second kappa shape index (κ2) is 4.99. The van der Waals surface area contributed by atoms with Crippen LogP contribution in [0.15, 0.2) is 16.5 Å². The highest BCUT2D eigenvalue weighted by molar-refractivity contribution is 14.1. The third kappa shape index (κ3) is 2.27. The van der Waals surface area contributed by atoms with E-state index < -0.39 is 0 Å². The monoisotopic (exact) mass is 415 g/mol. The molecule has 4 heterocycles. The van der Waals surface area contributed by atoms with Gasteiger partial charge in [0.1, 0.15) is 10.8 Å². The highest BCUT2D eigenvalue weighted by Gasteiger charge is 2.33. The van der Waals surface area contributed by atoms with Crippen LogP contribution in [0.25, 0.3) is 0 Å². The van der Waals surface area contributed by atoms with Crippen molar-refractivity contribution in [3.05, 3.63) is 37.7 Å².